The maximum atomic E-state index is 12.7. The van der Waals surface area contributed by atoms with Gasteiger partial charge in [0.05, 0.1) is 11.8 Å². The highest BCUT2D eigenvalue weighted by Gasteiger charge is 2.47. The minimum atomic E-state index is -0.132. The standard InChI is InChI=1S/C23H31N3O3/c1-16-6-5-9-20(17(16)2)24-12-14-25(15-13-24)21(27)10-11-26-22(28)18-7-3-4-8-19(18)23(26)29/h5-6,9,18-19H,3-4,7-8,10-15H2,1-2H3/t18-,19-/m0/s1. The topological polar surface area (TPSA) is 60.9 Å². The summed E-state index contributed by atoms with van der Waals surface area (Å²) in [5, 5.41) is 0. The smallest absolute Gasteiger partial charge is 0.233 e. The molecule has 0 radical (unpaired) electrons. The van der Waals surface area contributed by atoms with Crippen molar-refractivity contribution in [2.45, 2.75) is 46.0 Å². The fourth-order valence-corrected chi connectivity index (χ4v) is 5.09. The van der Waals surface area contributed by atoms with E-state index in [0.717, 1.165) is 38.8 Å². The lowest BCUT2D eigenvalue weighted by molar-refractivity contribution is -0.140. The average molecular weight is 398 g/mol. The Kier molecular flexibility index (Phi) is 5.61. The molecule has 2 atom stereocenters. The molecule has 6 nitrogen and oxygen atoms in total. The van der Waals surface area contributed by atoms with Gasteiger partial charge in [0.2, 0.25) is 17.7 Å². The third kappa shape index (κ3) is 3.77. The largest absolute Gasteiger partial charge is 0.368 e. The quantitative estimate of drug-likeness (QED) is 0.733. The number of carbonyl (C=O) groups excluding carboxylic acids is 3. The molecule has 4 rings (SSSR count). The molecular weight excluding hydrogens is 366 g/mol. The molecule has 0 unspecified atom stereocenters. The van der Waals surface area contributed by atoms with Gasteiger partial charge in [-0.2, -0.15) is 0 Å². The van der Waals surface area contributed by atoms with Crippen LogP contribution in [0.2, 0.25) is 0 Å². The molecule has 1 aromatic carbocycles. The van der Waals surface area contributed by atoms with E-state index in [4.69, 9.17) is 0 Å². The number of anilines is 1. The van der Waals surface area contributed by atoms with Gasteiger partial charge in [-0.05, 0) is 43.9 Å². The Hall–Kier alpha value is -2.37. The van der Waals surface area contributed by atoms with Crippen molar-refractivity contribution in [3.63, 3.8) is 0 Å². The van der Waals surface area contributed by atoms with E-state index in [1.54, 1.807) is 0 Å². The van der Waals surface area contributed by atoms with E-state index in [9.17, 15) is 14.4 Å². The third-order valence-corrected chi connectivity index (χ3v) is 7.03. The minimum Gasteiger partial charge on any atom is -0.368 e. The minimum absolute atomic E-state index is 0.0427. The summed E-state index contributed by atoms with van der Waals surface area (Å²) in [7, 11) is 0. The maximum absolute atomic E-state index is 12.7. The maximum Gasteiger partial charge on any atom is 0.233 e. The van der Waals surface area contributed by atoms with E-state index in [-0.39, 0.29) is 42.5 Å². The number of nitrogens with zero attached hydrogens (tertiary/aromatic N) is 3. The van der Waals surface area contributed by atoms with Gasteiger partial charge in [0.25, 0.3) is 0 Å². The second kappa shape index (κ2) is 8.17. The van der Waals surface area contributed by atoms with Gasteiger partial charge in [0.15, 0.2) is 0 Å². The molecule has 2 heterocycles. The molecule has 2 saturated heterocycles. The number of fused-ring (bicyclic) bond motifs is 1. The first-order valence-electron chi connectivity index (χ1n) is 10.9. The summed E-state index contributed by atoms with van der Waals surface area (Å²) in [5.41, 5.74) is 3.81. The summed E-state index contributed by atoms with van der Waals surface area (Å²) in [5.74, 6) is -0.319. The second-order valence-electron chi connectivity index (χ2n) is 8.66. The summed E-state index contributed by atoms with van der Waals surface area (Å²) < 4.78 is 0. The molecule has 156 valence electrons. The van der Waals surface area contributed by atoms with Gasteiger partial charge in [-0.1, -0.05) is 25.0 Å². The summed E-state index contributed by atoms with van der Waals surface area (Å²) >= 11 is 0. The second-order valence-corrected chi connectivity index (χ2v) is 8.66. The van der Waals surface area contributed by atoms with Crippen LogP contribution in [0.3, 0.4) is 0 Å². The van der Waals surface area contributed by atoms with Gasteiger partial charge in [-0.25, -0.2) is 0 Å². The molecule has 0 aromatic heterocycles. The monoisotopic (exact) mass is 397 g/mol. The Bertz CT molecular complexity index is 790. The number of hydrogen-bond acceptors (Lipinski definition) is 4. The van der Waals surface area contributed by atoms with Crippen LogP contribution in [0.25, 0.3) is 0 Å². The van der Waals surface area contributed by atoms with Crippen molar-refractivity contribution < 1.29 is 14.4 Å². The number of likely N-dealkylation sites (tertiary alicyclic amines) is 1. The van der Waals surface area contributed by atoms with E-state index >= 15 is 0 Å². The zero-order valence-corrected chi connectivity index (χ0v) is 17.5. The molecule has 6 heteroatoms. The van der Waals surface area contributed by atoms with Crippen molar-refractivity contribution in [2.75, 3.05) is 37.6 Å². The van der Waals surface area contributed by atoms with Crippen molar-refractivity contribution in [3.05, 3.63) is 29.3 Å². The van der Waals surface area contributed by atoms with Crippen LogP contribution in [-0.2, 0) is 14.4 Å². The predicted octanol–water partition coefficient (Wildman–Crippen LogP) is 2.52. The van der Waals surface area contributed by atoms with Gasteiger partial charge in [0, 0.05) is 44.8 Å². The van der Waals surface area contributed by atoms with Crippen molar-refractivity contribution in [1.82, 2.24) is 9.80 Å². The number of amides is 3. The molecule has 29 heavy (non-hydrogen) atoms. The molecule has 1 saturated carbocycles. The average Bonchev–Trinajstić information content (AvgIpc) is 2.99. The molecule has 0 N–H and O–H groups in total. The van der Waals surface area contributed by atoms with E-state index in [1.165, 1.54) is 21.7 Å². The van der Waals surface area contributed by atoms with Crippen molar-refractivity contribution >= 4 is 23.4 Å². The molecule has 1 aromatic rings. The molecule has 0 spiro atoms. The van der Waals surface area contributed by atoms with Gasteiger partial charge < -0.3 is 9.80 Å². The molecule has 3 aliphatic rings. The van der Waals surface area contributed by atoms with E-state index < -0.39 is 0 Å². The number of benzene rings is 1. The summed E-state index contributed by atoms with van der Waals surface area (Å²) in [6.45, 7) is 7.47. The number of piperazine rings is 1. The van der Waals surface area contributed by atoms with Crippen LogP contribution in [-0.4, -0.2) is 60.2 Å². The summed E-state index contributed by atoms with van der Waals surface area (Å²) in [4.78, 5) is 43.4. The van der Waals surface area contributed by atoms with Crippen LogP contribution >= 0.6 is 0 Å². The number of rotatable bonds is 4. The van der Waals surface area contributed by atoms with Crippen LogP contribution < -0.4 is 4.90 Å². The lowest BCUT2D eigenvalue weighted by Crippen LogP contribution is -2.49. The molecule has 0 bridgehead atoms. The first-order chi connectivity index (χ1) is 14.0. The lowest BCUT2D eigenvalue weighted by Gasteiger charge is -2.37. The highest BCUT2D eigenvalue weighted by molar-refractivity contribution is 6.05. The number of aryl methyl sites for hydroxylation is 1. The lowest BCUT2D eigenvalue weighted by atomic mass is 9.81. The molecule has 2 aliphatic heterocycles. The molecular formula is C23H31N3O3. The Morgan fingerprint density at radius 2 is 1.59 bits per heavy atom. The van der Waals surface area contributed by atoms with Crippen LogP contribution in [0.5, 0.6) is 0 Å². The van der Waals surface area contributed by atoms with E-state index in [1.807, 2.05) is 4.90 Å². The van der Waals surface area contributed by atoms with E-state index in [2.05, 4.69) is 36.9 Å². The van der Waals surface area contributed by atoms with Gasteiger partial charge in [-0.3, -0.25) is 19.3 Å². The van der Waals surface area contributed by atoms with Crippen LogP contribution in [0.15, 0.2) is 18.2 Å². The van der Waals surface area contributed by atoms with Gasteiger partial charge >= 0.3 is 0 Å². The number of imide groups is 1. The number of hydrogen-bond donors (Lipinski definition) is 0. The number of carbonyl (C=O) groups is 3. The van der Waals surface area contributed by atoms with Gasteiger partial charge in [0.1, 0.15) is 0 Å². The Labute approximate surface area is 172 Å². The zero-order chi connectivity index (χ0) is 20.5. The van der Waals surface area contributed by atoms with Crippen molar-refractivity contribution in [1.29, 1.82) is 0 Å². The fourth-order valence-electron chi connectivity index (χ4n) is 5.09. The van der Waals surface area contributed by atoms with Crippen LogP contribution in [0.4, 0.5) is 5.69 Å². The van der Waals surface area contributed by atoms with Crippen molar-refractivity contribution in [2.24, 2.45) is 11.8 Å². The SMILES string of the molecule is Cc1cccc(N2CCN(C(=O)CCN3C(=O)[C@H]4CCCC[C@@H]4C3=O)CC2)c1C. The summed E-state index contributed by atoms with van der Waals surface area (Å²) in [6, 6.07) is 6.34. The summed E-state index contributed by atoms with van der Waals surface area (Å²) in [6.07, 6.45) is 3.93. The fraction of sp³-hybridized carbons (Fsp3) is 0.609. The normalized spacial score (nSPS) is 24.8. The highest BCUT2D eigenvalue weighted by atomic mass is 16.2. The highest BCUT2D eigenvalue weighted by Crippen LogP contribution is 2.38. The van der Waals surface area contributed by atoms with Crippen molar-refractivity contribution in [3.8, 4) is 0 Å². The molecule has 1 aliphatic carbocycles. The first kappa shape index (κ1) is 19.9. The van der Waals surface area contributed by atoms with E-state index in [0.29, 0.717) is 13.1 Å². The predicted molar refractivity (Wildman–Crippen MR) is 111 cm³/mol. The Morgan fingerprint density at radius 3 is 2.21 bits per heavy atom. The Morgan fingerprint density at radius 1 is 0.966 bits per heavy atom. The molecule has 3 amide bonds. The van der Waals surface area contributed by atoms with Crippen LogP contribution in [0.1, 0.15) is 43.2 Å². The third-order valence-electron chi connectivity index (χ3n) is 7.03. The Balaban J connectivity index is 1.30. The zero-order valence-electron chi connectivity index (χ0n) is 17.5. The van der Waals surface area contributed by atoms with Gasteiger partial charge in [-0.15, -0.1) is 0 Å². The first-order valence-corrected chi connectivity index (χ1v) is 10.9. The molecule has 3 fully saturated rings. The van der Waals surface area contributed by atoms with Crippen LogP contribution in [0, 0.1) is 25.7 Å².